The molecule has 1 aromatic heterocycles. The number of fused-ring (bicyclic) bond motifs is 1. The first-order valence-corrected chi connectivity index (χ1v) is 5.45. The van der Waals surface area contributed by atoms with Gasteiger partial charge in [0.25, 0.3) is 0 Å². The molecule has 2 rings (SSSR count). The molecular weight excluding hydrogens is 220 g/mol. The summed E-state index contributed by atoms with van der Waals surface area (Å²) in [5.41, 5.74) is 5.09. The van der Waals surface area contributed by atoms with Gasteiger partial charge in [-0.05, 0) is 24.1 Å². The maximum Gasteiger partial charge on any atom is 0.419 e. The van der Waals surface area contributed by atoms with Gasteiger partial charge in [-0.3, -0.25) is 10.4 Å². The van der Waals surface area contributed by atoms with Gasteiger partial charge in [0.05, 0.1) is 12.2 Å². The molecule has 0 spiro atoms. The summed E-state index contributed by atoms with van der Waals surface area (Å²) in [5, 5.41) is 3.11. The van der Waals surface area contributed by atoms with Crippen molar-refractivity contribution in [2.75, 3.05) is 13.2 Å². The van der Waals surface area contributed by atoms with Crippen molar-refractivity contribution in [3.63, 3.8) is 0 Å². The lowest BCUT2D eigenvalue weighted by atomic mass is 10.1. The number of oxazole rings is 1. The third-order valence-electron chi connectivity index (χ3n) is 2.67. The highest BCUT2D eigenvalue weighted by Crippen LogP contribution is 2.14. The molecule has 2 aromatic rings. The molecule has 0 saturated heterocycles. The fourth-order valence-electron chi connectivity index (χ4n) is 1.73. The summed E-state index contributed by atoms with van der Waals surface area (Å²) >= 11 is 0. The molecule has 0 aliphatic heterocycles. The van der Waals surface area contributed by atoms with Crippen molar-refractivity contribution in [3.8, 4) is 0 Å². The Kier molecular flexibility index (Phi) is 3.58. The second-order valence-corrected chi connectivity index (χ2v) is 3.86. The van der Waals surface area contributed by atoms with Crippen LogP contribution in [0.15, 0.2) is 27.4 Å². The summed E-state index contributed by atoms with van der Waals surface area (Å²) in [5.74, 6) is 4.81. The summed E-state index contributed by atoms with van der Waals surface area (Å²) < 4.78 is 6.62. The third-order valence-corrected chi connectivity index (χ3v) is 2.67. The largest absolute Gasteiger partial charge is 0.419 e. The van der Waals surface area contributed by atoms with Crippen LogP contribution in [0.2, 0.25) is 0 Å². The predicted octanol–water partition coefficient (Wildman–Crippen LogP) is -0.316. The molecular formula is C11H16N4O2. The van der Waals surface area contributed by atoms with Gasteiger partial charge in [-0.25, -0.2) is 10.2 Å². The Morgan fingerprint density at radius 2 is 2.29 bits per heavy atom. The van der Waals surface area contributed by atoms with Gasteiger partial charge in [0.15, 0.2) is 5.58 Å². The number of nitrogens with zero attached hydrogens (tertiary/aromatic N) is 1. The van der Waals surface area contributed by atoms with Crippen LogP contribution in [0.1, 0.15) is 5.56 Å². The number of hydrazine groups is 1. The van der Waals surface area contributed by atoms with Gasteiger partial charge in [0.2, 0.25) is 0 Å². The molecule has 17 heavy (non-hydrogen) atoms. The number of rotatable bonds is 5. The molecule has 0 atom stereocenters. The fourth-order valence-corrected chi connectivity index (χ4v) is 1.73. The van der Waals surface area contributed by atoms with Gasteiger partial charge in [-0.1, -0.05) is 6.07 Å². The minimum atomic E-state index is -0.331. The van der Waals surface area contributed by atoms with E-state index in [1.807, 2.05) is 18.2 Å². The van der Waals surface area contributed by atoms with Gasteiger partial charge in [0.1, 0.15) is 0 Å². The maximum atomic E-state index is 11.3. The van der Waals surface area contributed by atoms with E-state index in [1.54, 1.807) is 7.05 Å². The molecule has 0 bridgehead atoms. The van der Waals surface area contributed by atoms with E-state index in [2.05, 4.69) is 10.7 Å². The second-order valence-electron chi connectivity index (χ2n) is 3.86. The second kappa shape index (κ2) is 5.13. The predicted molar refractivity (Wildman–Crippen MR) is 65.4 cm³/mol. The molecule has 1 heterocycles. The average Bonchev–Trinajstić information content (AvgIpc) is 2.61. The summed E-state index contributed by atoms with van der Waals surface area (Å²) in [6, 6.07) is 5.79. The molecule has 0 aliphatic carbocycles. The number of nitrogens with one attached hydrogen (secondary N) is 2. The lowest BCUT2D eigenvalue weighted by Crippen LogP contribution is -2.34. The van der Waals surface area contributed by atoms with E-state index in [1.165, 1.54) is 4.57 Å². The van der Waals surface area contributed by atoms with Crippen LogP contribution in [0.5, 0.6) is 0 Å². The molecule has 6 nitrogen and oxygen atoms in total. The summed E-state index contributed by atoms with van der Waals surface area (Å²) in [6.07, 6.45) is 0.857. The van der Waals surface area contributed by atoms with Crippen molar-refractivity contribution in [3.05, 3.63) is 34.3 Å². The van der Waals surface area contributed by atoms with E-state index >= 15 is 0 Å². The monoisotopic (exact) mass is 236 g/mol. The molecule has 0 saturated carbocycles. The van der Waals surface area contributed by atoms with Gasteiger partial charge in [-0.15, -0.1) is 0 Å². The zero-order valence-electron chi connectivity index (χ0n) is 9.69. The Hall–Kier alpha value is -1.63. The van der Waals surface area contributed by atoms with E-state index in [4.69, 9.17) is 10.3 Å². The summed E-state index contributed by atoms with van der Waals surface area (Å²) in [7, 11) is 1.70. The highest BCUT2D eigenvalue weighted by molar-refractivity contribution is 5.73. The number of benzene rings is 1. The van der Waals surface area contributed by atoms with E-state index < -0.39 is 0 Å². The van der Waals surface area contributed by atoms with E-state index in [0.29, 0.717) is 12.3 Å². The summed E-state index contributed by atoms with van der Waals surface area (Å²) in [6.45, 7) is 1.38. The summed E-state index contributed by atoms with van der Waals surface area (Å²) in [4.78, 5) is 11.3. The Balaban J connectivity index is 2.12. The Morgan fingerprint density at radius 1 is 1.47 bits per heavy atom. The van der Waals surface area contributed by atoms with Crippen LogP contribution in [0, 0.1) is 0 Å². The van der Waals surface area contributed by atoms with Crippen LogP contribution < -0.4 is 22.3 Å². The van der Waals surface area contributed by atoms with Gasteiger partial charge in [-0.2, -0.15) is 0 Å². The third kappa shape index (κ3) is 2.55. The zero-order chi connectivity index (χ0) is 12.3. The quantitative estimate of drug-likeness (QED) is 0.287. The van der Waals surface area contributed by atoms with E-state index in [0.717, 1.165) is 24.0 Å². The first-order chi connectivity index (χ1) is 8.22. The molecule has 4 N–H and O–H groups in total. The highest BCUT2D eigenvalue weighted by Gasteiger charge is 2.05. The minimum Gasteiger partial charge on any atom is -0.408 e. The molecule has 6 heteroatoms. The van der Waals surface area contributed by atoms with Crippen molar-refractivity contribution in [1.82, 2.24) is 15.3 Å². The number of nitrogens with two attached hydrogens (primary N) is 1. The molecule has 0 fully saturated rings. The number of aryl methyl sites for hydroxylation is 1. The lowest BCUT2D eigenvalue weighted by Gasteiger charge is -2.03. The zero-order valence-corrected chi connectivity index (χ0v) is 9.69. The fraction of sp³-hybridized carbons (Fsp3) is 0.364. The van der Waals surface area contributed by atoms with Crippen LogP contribution in [-0.2, 0) is 13.5 Å². The molecule has 0 amide bonds. The number of aromatic nitrogens is 1. The lowest BCUT2D eigenvalue weighted by molar-refractivity contribution is 0.527. The Labute approximate surface area is 98.4 Å². The Morgan fingerprint density at radius 3 is 3.06 bits per heavy atom. The molecule has 92 valence electrons. The molecule has 0 unspecified atom stereocenters. The Bertz CT molecular complexity index is 558. The van der Waals surface area contributed by atoms with Gasteiger partial charge >= 0.3 is 5.76 Å². The van der Waals surface area contributed by atoms with Crippen molar-refractivity contribution < 1.29 is 4.42 Å². The normalized spacial score (nSPS) is 11.2. The number of hydrogen-bond donors (Lipinski definition) is 3. The first kappa shape index (κ1) is 11.8. The highest BCUT2D eigenvalue weighted by atomic mass is 16.4. The van der Waals surface area contributed by atoms with Gasteiger partial charge in [0, 0.05) is 13.6 Å². The van der Waals surface area contributed by atoms with E-state index in [9.17, 15) is 4.79 Å². The van der Waals surface area contributed by atoms with E-state index in [-0.39, 0.29) is 5.76 Å². The SMILES string of the molecule is Cn1c(=O)oc2cc(CCNCNN)ccc21. The number of hydrogen-bond acceptors (Lipinski definition) is 5. The standard InChI is InChI=1S/C11H16N4O2/c1-15-9-3-2-8(4-5-13-7-14-12)6-10(9)17-11(15)16/h2-3,6,13-14H,4-5,7,12H2,1H3. The van der Waals surface area contributed by atoms with Crippen molar-refractivity contribution in [2.24, 2.45) is 12.9 Å². The van der Waals surface area contributed by atoms with Crippen molar-refractivity contribution in [1.29, 1.82) is 0 Å². The van der Waals surface area contributed by atoms with Crippen LogP contribution in [-0.4, -0.2) is 17.8 Å². The van der Waals surface area contributed by atoms with Crippen LogP contribution in [0.3, 0.4) is 0 Å². The van der Waals surface area contributed by atoms with Crippen LogP contribution in [0.4, 0.5) is 0 Å². The average molecular weight is 236 g/mol. The smallest absolute Gasteiger partial charge is 0.408 e. The van der Waals surface area contributed by atoms with Crippen molar-refractivity contribution in [2.45, 2.75) is 6.42 Å². The minimum absolute atomic E-state index is 0.331. The molecule has 1 aromatic carbocycles. The van der Waals surface area contributed by atoms with Crippen molar-refractivity contribution >= 4 is 11.1 Å². The molecule has 0 aliphatic rings. The maximum absolute atomic E-state index is 11.3. The molecule has 0 radical (unpaired) electrons. The van der Waals surface area contributed by atoms with Crippen LogP contribution >= 0.6 is 0 Å². The first-order valence-electron chi connectivity index (χ1n) is 5.45. The van der Waals surface area contributed by atoms with Gasteiger partial charge < -0.3 is 9.73 Å². The topological polar surface area (TPSA) is 85.2 Å². The van der Waals surface area contributed by atoms with Crippen LogP contribution in [0.25, 0.3) is 11.1 Å².